The van der Waals surface area contributed by atoms with Gasteiger partial charge in [-0.15, -0.1) is 0 Å². The number of phenols is 1. The van der Waals surface area contributed by atoms with E-state index in [1.54, 1.807) is 36.4 Å². The molecule has 0 aliphatic heterocycles. The first-order valence-corrected chi connectivity index (χ1v) is 6.44. The van der Waals surface area contributed by atoms with Crippen LogP contribution in [-0.2, 0) is 4.79 Å². The predicted molar refractivity (Wildman–Crippen MR) is 78.9 cm³/mol. The van der Waals surface area contributed by atoms with Crippen LogP contribution in [0.15, 0.2) is 48.5 Å². The van der Waals surface area contributed by atoms with Gasteiger partial charge in [-0.05, 0) is 36.4 Å². The zero-order valence-electron chi connectivity index (χ0n) is 10.9. The van der Waals surface area contributed by atoms with E-state index in [1.165, 1.54) is 12.1 Å². The molecule has 0 heterocycles. The first kappa shape index (κ1) is 14.9. The molecule has 5 nitrogen and oxygen atoms in total. The lowest BCUT2D eigenvalue weighted by atomic mass is 10.1. The SMILES string of the molecule is O=C(O)CN(C(=O)c1ccccc1O)c1ccc(Cl)cc1. The summed E-state index contributed by atoms with van der Waals surface area (Å²) in [6.07, 6.45) is 0. The highest BCUT2D eigenvalue weighted by Crippen LogP contribution is 2.23. The number of carbonyl (C=O) groups is 2. The molecule has 0 saturated heterocycles. The van der Waals surface area contributed by atoms with E-state index in [2.05, 4.69) is 0 Å². The topological polar surface area (TPSA) is 77.8 Å². The summed E-state index contributed by atoms with van der Waals surface area (Å²) in [5, 5.41) is 19.2. The largest absolute Gasteiger partial charge is 0.507 e. The number of carbonyl (C=O) groups excluding carboxylic acids is 1. The number of hydrogen-bond donors (Lipinski definition) is 2. The molecular weight excluding hydrogens is 294 g/mol. The first-order chi connectivity index (χ1) is 9.99. The maximum absolute atomic E-state index is 12.5. The number of hydrogen-bond acceptors (Lipinski definition) is 3. The number of para-hydroxylation sites is 1. The minimum Gasteiger partial charge on any atom is -0.507 e. The molecule has 2 aromatic rings. The summed E-state index contributed by atoms with van der Waals surface area (Å²) < 4.78 is 0. The van der Waals surface area contributed by atoms with Gasteiger partial charge >= 0.3 is 5.97 Å². The first-order valence-electron chi connectivity index (χ1n) is 6.06. The molecule has 0 atom stereocenters. The van der Waals surface area contributed by atoms with Gasteiger partial charge in [-0.2, -0.15) is 0 Å². The van der Waals surface area contributed by atoms with Gasteiger partial charge in [0.1, 0.15) is 12.3 Å². The lowest BCUT2D eigenvalue weighted by molar-refractivity contribution is -0.135. The number of carboxylic acid groups (broad SMARTS) is 1. The minimum absolute atomic E-state index is 0.0358. The van der Waals surface area contributed by atoms with Crippen molar-refractivity contribution < 1.29 is 19.8 Å². The molecule has 0 aromatic heterocycles. The molecule has 1 amide bonds. The van der Waals surface area contributed by atoms with Crippen LogP contribution in [0.2, 0.25) is 5.02 Å². The van der Waals surface area contributed by atoms with Gasteiger partial charge in [0.15, 0.2) is 0 Å². The lowest BCUT2D eigenvalue weighted by Gasteiger charge is -2.21. The number of phenolic OH excluding ortho intramolecular Hbond substituents is 1. The highest BCUT2D eigenvalue weighted by molar-refractivity contribution is 6.30. The summed E-state index contributed by atoms with van der Waals surface area (Å²) in [6, 6.07) is 12.2. The normalized spacial score (nSPS) is 10.1. The maximum Gasteiger partial charge on any atom is 0.323 e. The molecule has 0 aliphatic carbocycles. The smallest absolute Gasteiger partial charge is 0.323 e. The predicted octanol–water partition coefficient (Wildman–Crippen LogP) is 2.78. The highest BCUT2D eigenvalue weighted by Gasteiger charge is 2.22. The summed E-state index contributed by atoms with van der Waals surface area (Å²) in [5.41, 5.74) is 0.420. The van der Waals surface area contributed by atoms with Crippen LogP contribution >= 0.6 is 11.6 Å². The molecule has 2 aromatic carbocycles. The van der Waals surface area contributed by atoms with Crippen LogP contribution in [0.25, 0.3) is 0 Å². The third kappa shape index (κ3) is 3.52. The Morgan fingerprint density at radius 3 is 2.24 bits per heavy atom. The summed E-state index contributed by atoms with van der Waals surface area (Å²) in [5.74, 6) is -1.96. The van der Waals surface area contributed by atoms with E-state index < -0.39 is 18.4 Å². The number of amides is 1. The van der Waals surface area contributed by atoms with Crippen LogP contribution in [0.1, 0.15) is 10.4 Å². The Morgan fingerprint density at radius 2 is 1.67 bits per heavy atom. The van der Waals surface area contributed by atoms with Gasteiger partial charge in [-0.1, -0.05) is 23.7 Å². The van der Waals surface area contributed by atoms with Crippen LogP contribution in [-0.4, -0.2) is 28.6 Å². The molecule has 0 aliphatic rings. The van der Waals surface area contributed by atoms with Crippen LogP contribution < -0.4 is 4.90 Å². The summed E-state index contributed by atoms with van der Waals surface area (Å²) in [4.78, 5) is 24.5. The van der Waals surface area contributed by atoms with E-state index in [9.17, 15) is 14.7 Å². The average molecular weight is 306 g/mol. The van der Waals surface area contributed by atoms with Crippen molar-refractivity contribution in [2.24, 2.45) is 0 Å². The van der Waals surface area contributed by atoms with Crippen molar-refractivity contribution in [1.82, 2.24) is 0 Å². The standard InChI is InChI=1S/C15H12ClNO4/c16-10-5-7-11(8-6-10)17(9-14(19)20)15(21)12-3-1-2-4-13(12)18/h1-8,18H,9H2,(H,19,20). The Morgan fingerprint density at radius 1 is 1.05 bits per heavy atom. The Labute approximate surface area is 126 Å². The number of benzene rings is 2. The zero-order valence-corrected chi connectivity index (χ0v) is 11.6. The number of rotatable bonds is 4. The Balaban J connectivity index is 2.40. The van der Waals surface area contributed by atoms with E-state index >= 15 is 0 Å². The van der Waals surface area contributed by atoms with Crippen molar-refractivity contribution in [3.8, 4) is 5.75 Å². The monoisotopic (exact) mass is 305 g/mol. The molecule has 0 unspecified atom stereocenters. The Hall–Kier alpha value is -2.53. The number of aliphatic carboxylic acids is 1. The molecule has 6 heteroatoms. The van der Waals surface area contributed by atoms with Crippen molar-refractivity contribution >= 4 is 29.2 Å². The minimum atomic E-state index is -1.16. The number of nitrogens with zero attached hydrogens (tertiary/aromatic N) is 1. The van der Waals surface area contributed by atoms with Crippen molar-refractivity contribution in [2.75, 3.05) is 11.4 Å². The lowest BCUT2D eigenvalue weighted by Crippen LogP contribution is -2.35. The molecule has 0 saturated carbocycles. The van der Waals surface area contributed by atoms with Crippen LogP contribution in [0, 0.1) is 0 Å². The maximum atomic E-state index is 12.5. The highest BCUT2D eigenvalue weighted by atomic mass is 35.5. The van der Waals surface area contributed by atoms with Crippen molar-refractivity contribution in [2.45, 2.75) is 0 Å². The quantitative estimate of drug-likeness (QED) is 0.910. The second kappa shape index (κ2) is 6.28. The molecule has 21 heavy (non-hydrogen) atoms. The third-order valence-electron chi connectivity index (χ3n) is 2.81. The second-order valence-corrected chi connectivity index (χ2v) is 4.72. The van der Waals surface area contributed by atoms with Crippen LogP contribution in [0.3, 0.4) is 0 Å². The fourth-order valence-corrected chi connectivity index (χ4v) is 1.96. The van der Waals surface area contributed by atoms with Crippen LogP contribution in [0.4, 0.5) is 5.69 Å². The van der Waals surface area contributed by atoms with Gasteiger partial charge in [0.05, 0.1) is 5.56 Å². The third-order valence-corrected chi connectivity index (χ3v) is 3.06. The molecule has 2 rings (SSSR count). The van der Waals surface area contributed by atoms with Gasteiger partial charge < -0.3 is 10.2 Å². The van der Waals surface area contributed by atoms with Crippen LogP contribution in [0.5, 0.6) is 5.75 Å². The van der Waals surface area contributed by atoms with E-state index in [1.807, 2.05) is 0 Å². The fourth-order valence-electron chi connectivity index (χ4n) is 1.84. The van der Waals surface area contributed by atoms with E-state index in [0.29, 0.717) is 10.7 Å². The van der Waals surface area contributed by atoms with Gasteiger partial charge in [-0.3, -0.25) is 14.5 Å². The van der Waals surface area contributed by atoms with E-state index in [-0.39, 0.29) is 11.3 Å². The Kier molecular flexibility index (Phi) is 4.45. The van der Waals surface area contributed by atoms with Crippen molar-refractivity contribution in [1.29, 1.82) is 0 Å². The average Bonchev–Trinajstić information content (AvgIpc) is 2.45. The van der Waals surface area contributed by atoms with Gasteiger partial charge in [-0.25, -0.2) is 0 Å². The van der Waals surface area contributed by atoms with Crippen molar-refractivity contribution in [3.05, 3.63) is 59.1 Å². The molecule has 0 fully saturated rings. The summed E-state index contributed by atoms with van der Waals surface area (Å²) >= 11 is 5.78. The number of halogens is 1. The summed E-state index contributed by atoms with van der Waals surface area (Å²) in [6.45, 7) is -0.519. The molecule has 108 valence electrons. The fraction of sp³-hybridized carbons (Fsp3) is 0.0667. The number of aromatic hydroxyl groups is 1. The molecule has 0 spiro atoms. The Bertz CT molecular complexity index is 670. The number of anilines is 1. The second-order valence-electron chi connectivity index (χ2n) is 4.28. The number of carboxylic acids is 1. The molecular formula is C15H12ClNO4. The molecule has 2 N–H and O–H groups in total. The molecule has 0 bridgehead atoms. The van der Waals surface area contributed by atoms with E-state index in [4.69, 9.17) is 16.7 Å². The summed E-state index contributed by atoms with van der Waals surface area (Å²) in [7, 11) is 0. The van der Waals surface area contributed by atoms with Gasteiger partial charge in [0.25, 0.3) is 5.91 Å². The van der Waals surface area contributed by atoms with Gasteiger partial charge in [0.2, 0.25) is 0 Å². The van der Waals surface area contributed by atoms with E-state index in [0.717, 1.165) is 4.90 Å². The van der Waals surface area contributed by atoms with Crippen molar-refractivity contribution in [3.63, 3.8) is 0 Å². The van der Waals surface area contributed by atoms with Gasteiger partial charge in [0, 0.05) is 10.7 Å². The zero-order chi connectivity index (χ0) is 15.4. The molecule has 0 radical (unpaired) electrons.